The van der Waals surface area contributed by atoms with Crippen molar-refractivity contribution < 1.29 is 17.8 Å². The molecule has 0 radical (unpaired) electrons. The maximum absolute atomic E-state index is 12.1. The van der Waals surface area contributed by atoms with E-state index in [-0.39, 0.29) is 5.56 Å². The highest BCUT2D eigenvalue weighted by Crippen LogP contribution is 2.08. The smallest absolute Gasteiger partial charge is 0.286 e. The van der Waals surface area contributed by atoms with Crippen LogP contribution in [0.3, 0.4) is 0 Å². The molecule has 2 rings (SSSR count). The van der Waals surface area contributed by atoms with Crippen LogP contribution in [0.25, 0.3) is 0 Å². The van der Waals surface area contributed by atoms with Crippen LogP contribution in [-0.2, 0) is 10.1 Å². The molecule has 2 aromatic carbocycles. The van der Waals surface area contributed by atoms with Gasteiger partial charge >= 0.3 is 10.1 Å². The molecule has 7 heteroatoms. The Labute approximate surface area is 121 Å². The van der Waals surface area contributed by atoms with Crippen LogP contribution in [0.15, 0.2) is 65.8 Å². The van der Waals surface area contributed by atoms with Gasteiger partial charge in [-0.1, -0.05) is 48.5 Å². The van der Waals surface area contributed by atoms with Gasteiger partial charge in [0, 0.05) is 5.56 Å². The number of ketones is 1. The van der Waals surface area contributed by atoms with Gasteiger partial charge in [0.05, 0.1) is 5.69 Å². The Hall–Kier alpha value is -2.51. The van der Waals surface area contributed by atoms with E-state index in [1.807, 2.05) is 0 Å². The third-order valence-corrected chi connectivity index (χ3v) is 3.30. The monoisotopic (exact) mass is 304 g/mol. The zero-order valence-electron chi connectivity index (χ0n) is 10.8. The summed E-state index contributed by atoms with van der Waals surface area (Å²) in [5.74, 6) is -0.887. The average Bonchev–Trinajstić information content (AvgIpc) is 2.48. The van der Waals surface area contributed by atoms with E-state index >= 15 is 0 Å². The molecule has 0 amide bonds. The molecule has 0 atom stereocenters. The number of Topliss-reactive ketones (excluding diaryl/α,β-unsaturated/α-hetero) is 1. The number of rotatable bonds is 4. The van der Waals surface area contributed by atoms with Crippen molar-refractivity contribution in [1.82, 2.24) is 0 Å². The Morgan fingerprint density at radius 1 is 0.952 bits per heavy atom. The second kappa shape index (κ2) is 6.29. The lowest BCUT2D eigenvalue weighted by atomic mass is 10.1. The van der Waals surface area contributed by atoms with E-state index in [4.69, 9.17) is 4.55 Å². The Bertz CT molecular complexity index is 756. The maximum Gasteiger partial charge on any atom is 0.317 e. The Morgan fingerprint density at radius 3 is 2.00 bits per heavy atom. The fourth-order valence-electron chi connectivity index (χ4n) is 1.57. The van der Waals surface area contributed by atoms with Crippen LogP contribution in [0.1, 0.15) is 10.4 Å². The summed E-state index contributed by atoms with van der Waals surface area (Å²) in [6, 6.07) is 16.2. The van der Waals surface area contributed by atoms with Gasteiger partial charge in [-0.05, 0) is 12.1 Å². The lowest BCUT2D eigenvalue weighted by Crippen LogP contribution is -2.25. The molecule has 0 aromatic heterocycles. The number of hydrogen-bond donors (Lipinski definition) is 2. The summed E-state index contributed by atoms with van der Waals surface area (Å²) in [5, 5.41) is 2.56. The van der Waals surface area contributed by atoms with E-state index in [0.717, 1.165) is 0 Å². The van der Waals surface area contributed by atoms with Crippen LogP contribution in [0.5, 0.6) is 0 Å². The van der Waals surface area contributed by atoms with E-state index in [1.54, 1.807) is 48.5 Å². The summed E-state index contributed by atoms with van der Waals surface area (Å²) < 4.78 is 31.8. The highest BCUT2D eigenvalue weighted by molar-refractivity contribution is 8.03. The predicted octanol–water partition coefficient (Wildman–Crippen LogP) is 2.18. The normalized spacial score (nSPS) is 12.0. The standard InChI is InChI=1S/C14H12N2O4S/c17-13(11-7-3-1-4-8-11)14(21(18,19)20)16-15-12-9-5-2-6-10-12/h1-10,15H,(H,18,19,20)/b16-14-. The van der Waals surface area contributed by atoms with Crippen molar-refractivity contribution >= 4 is 26.6 Å². The summed E-state index contributed by atoms with van der Waals surface area (Å²) in [7, 11) is -4.74. The Kier molecular flexibility index (Phi) is 4.46. The highest BCUT2D eigenvalue weighted by atomic mass is 32.2. The van der Waals surface area contributed by atoms with Gasteiger partial charge in [0.1, 0.15) is 0 Å². The van der Waals surface area contributed by atoms with Crippen LogP contribution in [0.4, 0.5) is 5.69 Å². The first-order valence-corrected chi connectivity index (χ1v) is 7.38. The molecule has 21 heavy (non-hydrogen) atoms. The van der Waals surface area contributed by atoms with Crippen molar-refractivity contribution in [2.24, 2.45) is 5.10 Å². The van der Waals surface area contributed by atoms with Crippen LogP contribution in [0.2, 0.25) is 0 Å². The summed E-state index contributed by atoms with van der Waals surface area (Å²) >= 11 is 0. The maximum atomic E-state index is 12.1. The van der Waals surface area contributed by atoms with E-state index < -0.39 is 20.9 Å². The largest absolute Gasteiger partial charge is 0.317 e. The highest BCUT2D eigenvalue weighted by Gasteiger charge is 2.26. The van der Waals surface area contributed by atoms with Crippen molar-refractivity contribution in [1.29, 1.82) is 0 Å². The Balaban J connectivity index is 2.34. The molecule has 0 fully saturated rings. The predicted molar refractivity (Wildman–Crippen MR) is 79.8 cm³/mol. The molecule has 0 unspecified atom stereocenters. The van der Waals surface area contributed by atoms with Gasteiger partial charge in [0.15, 0.2) is 0 Å². The number of para-hydroxylation sites is 1. The molecular formula is C14H12N2O4S. The van der Waals surface area contributed by atoms with Gasteiger partial charge in [0.25, 0.3) is 0 Å². The minimum atomic E-state index is -4.74. The minimum Gasteiger partial charge on any atom is -0.286 e. The molecule has 0 aliphatic rings. The molecule has 6 nitrogen and oxygen atoms in total. The van der Waals surface area contributed by atoms with Gasteiger partial charge in [-0.3, -0.25) is 14.8 Å². The molecule has 0 spiro atoms. The topological polar surface area (TPSA) is 95.8 Å². The van der Waals surface area contributed by atoms with Gasteiger partial charge in [0.2, 0.25) is 10.8 Å². The van der Waals surface area contributed by atoms with Crippen molar-refractivity contribution in [3.05, 3.63) is 66.2 Å². The quantitative estimate of drug-likeness (QED) is 0.297. The minimum absolute atomic E-state index is 0.115. The average molecular weight is 304 g/mol. The Morgan fingerprint density at radius 2 is 1.48 bits per heavy atom. The van der Waals surface area contributed by atoms with Crippen molar-refractivity contribution in [3.8, 4) is 0 Å². The zero-order valence-corrected chi connectivity index (χ0v) is 11.6. The third-order valence-electron chi connectivity index (χ3n) is 2.53. The zero-order chi connectivity index (χ0) is 15.3. The number of nitrogens with zero attached hydrogens (tertiary/aromatic N) is 1. The number of hydrogen-bond acceptors (Lipinski definition) is 5. The summed E-state index contributed by atoms with van der Waals surface area (Å²) in [6.45, 7) is 0. The molecule has 0 aliphatic carbocycles. The van der Waals surface area contributed by atoms with Crippen LogP contribution in [-0.4, -0.2) is 23.8 Å². The molecule has 0 heterocycles. The number of benzene rings is 2. The van der Waals surface area contributed by atoms with E-state index in [0.29, 0.717) is 5.69 Å². The van der Waals surface area contributed by atoms with E-state index in [9.17, 15) is 13.2 Å². The molecular weight excluding hydrogens is 292 g/mol. The van der Waals surface area contributed by atoms with Crippen molar-refractivity contribution in [3.63, 3.8) is 0 Å². The lowest BCUT2D eigenvalue weighted by Gasteiger charge is -2.04. The second-order valence-electron chi connectivity index (χ2n) is 4.07. The second-order valence-corrected chi connectivity index (χ2v) is 5.40. The number of carbonyl (C=O) groups is 1. The number of anilines is 1. The number of hydrazone groups is 1. The lowest BCUT2D eigenvalue weighted by molar-refractivity contribution is 0.106. The van der Waals surface area contributed by atoms with E-state index in [2.05, 4.69) is 10.5 Å². The SMILES string of the molecule is O=C(/C(=N/Nc1ccccc1)S(=O)(=O)O)c1ccccc1. The summed E-state index contributed by atoms with van der Waals surface area (Å²) in [4.78, 5) is 12.1. The first-order valence-electron chi connectivity index (χ1n) is 5.94. The molecule has 2 N–H and O–H groups in total. The third kappa shape index (κ3) is 3.98. The number of carbonyl (C=O) groups excluding carboxylic acids is 1. The van der Waals surface area contributed by atoms with Gasteiger partial charge in [-0.15, -0.1) is 0 Å². The molecule has 108 valence electrons. The van der Waals surface area contributed by atoms with Crippen LogP contribution >= 0.6 is 0 Å². The van der Waals surface area contributed by atoms with Crippen molar-refractivity contribution in [2.75, 3.05) is 5.43 Å². The number of nitrogens with one attached hydrogen (secondary N) is 1. The van der Waals surface area contributed by atoms with Gasteiger partial charge < -0.3 is 0 Å². The summed E-state index contributed by atoms with van der Waals surface area (Å²) in [5.41, 5.74) is 3.03. The molecule has 0 saturated heterocycles. The van der Waals surface area contributed by atoms with Gasteiger partial charge in [-0.2, -0.15) is 13.5 Å². The molecule has 0 saturated carbocycles. The first kappa shape index (κ1) is 14.9. The van der Waals surface area contributed by atoms with Crippen molar-refractivity contribution in [2.45, 2.75) is 0 Å². The summed E-state index contributed by atoms with van der Waals surface area (Å²) in [6.07, 6.45) is 0. The first-order chi connectivity index (χ1) is 9.98. The molecule has 0 aliphatic heterocycles. The molecule has 2 aromatic rings. The van der Waals surface area contributed by atoms with Gasteiger partial charge in [-0.25, -0.2) is 0 Å². The van der Waals surface area contributed by atoms with E-state index in [1.165, 1.54) is 12.1 Å². The fraction of sp³-hybridized carbons (Fsp3) is 0. The molecule has 0 bridgehead atoms. The fourth-order valence-corrected chi connectivity index (χ4v) is 2.08. The van der Waals surface area contributed by atoms with Crippen LogP contribution < -0.4 is 5.43 Å². The van der Waals surface area contributed by atoms with Crippen LogP contribution in [0, 0.1) is 0 Å².